The number of likely N-dealkylation sites (tertiary alicyclic amines) is 1. The van der Waals surface area contributed by atoms with Crippen LogP contribution >= 0.6 is 0 Å². The highest BCUT2D eigenvalue weighted by Crippen LogP contribution is 2.20. The van der Waals surface area contributed by atoms with Crippen molar-refractivity contribution in [3.8, 4) is 0 Å². The topological polar surface area (TPSA) is 49.4 Å². The fourth-order valence-electron chi connectivity index (χ4n) is 1.23. The Labute approximate surface area is 78.5 Å². The van der Waals surface area contributed by atoms with Crippen LogP contribution in [0.25, 0.3) is 0 Å². The molecular formula is C9H16NO3. The minimum Gasteiger partial charge on any atom is -0.459 e. The van der Waals surface area contributed by atoms with E-state index in [2.05, 4.69) is 0 Å². The smallest absolute Gasteiger partial charge is 0.323 e. The van der Waals surface area contributed by atoms with Crippen molar-refractivity contribution in [2.45, 2.75) is 38.8 Å². The van der Waals surface area contributed by atoms with Crippen LogP contribution in [-0.4, -0.2) is 35.8 Å². The molecule has 1 unspecified atom stereocenters. The molecule has 1 rings (SSSR count). The normalized spacial score (nSPS) is 23.8. The summed E-state index contributed by atoms with van der Waals surface area (Å²) < 4.78 is 5.15. The maximum absolute atomic E-state index is 11.4. The predicted octanol–water partition coefficient (Wildman–Crippen LogP) is 0.790. The van der Waals surface area contributed by atoms with Gasteiger partial charge in [-0.3, -0.25) is 9.69 Å². The second-order valence-electron chi connectivity index (χ2n) is 4.28. The summed E-state index contributed by atoms with van der Waals surface area (Å²) in [7, 11) is 0. The quantitative estimate of drug-likeness (QED) is 0.599. The van der Waals surface area contributed by atoms with E-state index in [0.29, 0.717) is 6.54 Å². The van der Waals surface area contributed by atoms with E-state index in [0.717, 1.165) is 6.42 Å². The van der Waals surface area contributed by atoms with Crippen molar-refractivity contribution >= 4 is 5.97 Å². The highest BCUT2D eigenvalue weighted by molar-refractivity contribution is 5.77. The molecule has 0 aromatic carbocycles. The molecule has 0 N–H and O–H groups in total. The highest BCUT2D eigenvalue weighted by Gasteiger charge is 2.36. The second kappa shape index (κ2) is 3.64. The largest absolute Gasteiger partial charge is 0.459 e. The predicted molar refractivity (Wildman–Crippen MR) is 46.5 cm³/mol. The molecule has 0 aliphatic carbocycles. The summed E-state index contributed by atoms with van der Waals surface area (Å²) in [6, 6.07) is -0.295. The van der Waals surface area contributed by atoms with E-state index in [1.165, 1.54) is 0 Å². The Bertz CT molecular complexity index is 196. The van der Waals surface area contributed by atoms with E-state index < -0.39 is 5.60 Å². The third-order valence-corrected chi connectivity index (χ3v) is 1.98. The monoisotopic (exact) mass is 186 g/mol. The molecule has 75 valence electrons. The van der Waals surface area contributed by atoms with Gasteiger partial charge in [0.15, 0.2) is 0 Å². The van der Waals surface area contributed by atoms with E-state index in [1.54, 1.807) is 4.90 Å². The lowest BCUT2D eigenvalue weighted by molar-refractivity contribution is -0.170. The Morgan fingerprint density at radius 2 is 2.15 bits per heavy atom. The molecule has 4 nitrogen and oxygen atoms in total. The van der Waals surface area contributed by atoms with Gasteiger partial charge in [0.2, 0.25) is 0 Å². The zero-order valence-electron chi connectivity index (χ0n) is 8.37. The Hall–Kier alpha value is -0.610. The lowest BCUT2D eigenvalue weighted by Gasteiger charge is -2.38. The van der Waals surface area contributed by atoms with Gasteiger partial charge in [0, 0.05) is 6.54 Å². The summed E-state index contributed by atoms with van der Waals surface area (Å²) in [5, 5.41) is 10.5. The Kier molecular flexibility index (Phi) is 2.93. The molecule has 0 amide bonds. The van der Waals surface area contributed by atoms with E-state index in [9.17, 15) is 9.90 Å². The van der Waals surface area contributed by atoms with Gasteiger partial charge in [-0.25, -0.2) is 5.11 Å². The van der Waals surface area contributed by atoms with Crippen LogP contribution in [0.3, 0.4) is 0 Å². The number of ether oxygens (including phenoxy) is 1. The fourth-order valence-corrected chi connectivity index (χ4v) is 1.23. The van der Waals surface area contributed by atoms with E-state index in [4.69, 9.17) is 4.74 Å². The molecule has 0 spiro atoms. The summed E-state index contributed by atoms with van der Waals surface area (Å²) in [5.74, 6) is -0.269. The number of hydrogen-bond acceptors (Lipinski definition) is 3. The van der Waals surface area contributed by atoms with Gasteiger partial charge in [-0.15, -0.1) is 0 Å². The number of carbonyl (C=O) groups excluding carboxylic acids is 1. The molecular weight excluding hydrogens is 170 g/mol. The molecule has 1 saturated heterocycles. The zero-order valence-corrected chi connectivity index (χ0v) is 8.37. The van der Waals surface area contributed by atoms with Crippen molar-refractivity contribution in [2.24, 2.45) is 0 Å². The molecule has 0 saturated carbocycles. The average molecular weight is 186 g/mol. The molecule has 0 aromatic heterocycles. The van der Waals surface area contributed by atoms with Gasteiger partial charge in [-0.05, 0) is 27.2 Å². The van der Waals surface area contributed by atoms with Gasteiger partial charge < -0.3 is 4.74 Å². The first-order valence-electron chi connectivity index (χ1n) is 4.49. The Morgan fingerprint density at radius 1 is 1.54 bits per heavy atom. The molecule has 1 heterocycles. The average Bonchev–Trinajstić information content (AvgIpc) is 1.80. The Morgan fingerprint density at radius 3 is 2.46 bits per heavy atom. The zero-order chi connectivity index (χ0) is 10.1. The summed E-state index contributed by atoms with van der Waals surface area (Å²) in [6.07, 6.45) is 0.747. The lowest BCUT2D eigenvalue weighted by atomic mass is 10.0. The minimum absolute atomic E-state index is 0.269. The molecule has 1 aliphatic heterocycles. The van der Waals surface area contributed by atoms with Crippen LogP contribution in [0.5, 0.6) is 0 Å². The standard InChI is InChI=1S/C9H16NO3/c1-9(2,3)13-8(12)7-4-5-10(7)6-11/h7H,4-6H2,1-3H3. The molecule has 4 heteroatoms. The number of esters is 1. The van der Waals surface area contributed by atoms with Crippen LogP contribution in [0.1, 0.15) is 27.2 Å². The molecule has 1 aliphatic rings. The van der Waals surface area contributed by atoms with E-state index in [-0.39, 0.29) is 18.7 Å². The first kappa shape index (κ1) is 10.5. The fraction of sp³-hybridized carbons (Fsp3) is 0.889. The highest BCUT2D eigenvalue weighted by atomic mass is 16.6. The van der Waals surface area contributed by atoms with Crippen LogP contribution < -0.4 is 0 Å². The molecule has 0 bridgehead atoms. The summed E-state index contributed by atoms with van der Waals surface area (Å²) >= 11 is 0. The summed E-state index contributed by atoms with van der Waals surface area (Å²) in [4.78, 5) is 13.0. The van der Waals surface area contributed by atoms with Crippen LogP contribution in [-0.2, 0) is 14.6 Å². The second-order valence-corrected chi connectivity index (χ2v) is 4.28. The van der Waals surface area contributed by atoms with Crippen molar-refractivity contribution in [3.05, 3.63) is 0 Å². The summed E-state index contributed by atoms with van der Waals surface area (Å²) in [6.45, 7) is 5.87. The number of rotatable bonds is 2. The summed E-state index contributed by atoms with van der Waals surface area (Å²) in [5.41, 5.74) is -0.457. The first-order chi connectivity index (χ1) is 5.94. The molecule has 1 atom stereocenters. The van der Waals surface area contributed by atoms with E-state index in [1.807, 2.05) is 20.8 Å². The van der Waals surface area contributed by atoms with Gasteiger partial charge in [0.05, 0.1) is 0 Å². The van der Waals surface area contributed by atoms with Gasteiger partial charge in [-0.2, -0.15) is 0 Å². The van der Waals surface area contributed by atoms with Gasteiger partial charge >= 0.3 is 5.97 Å². The maximum Gasteiger partial charge on any atom is 0.323 e. The molecule has 1 fully saturated rings. The van der Waals surface area contributed by atoms with Gasteiger partial charge in [-0.1, -0.05) is 0 Å². The third kappa shape index (κ3) is 2.67. The van der Waals surface area contributed by atoms with Crippen LogP contribution in [0.4, 0.5) is 0 Å². The minimum atomic E-state index is -0.457. The first-order valence-corrected chi connectivity index (χ1v) is 4.49. The number of carbonyl (C=O) groups is 1. The number of hydrogen-bond donors (Lipinski definition) is 0. The van der Waals surface area contributed by atoms with Gasteiger partial charge in [0.25, 0.3) is 0 Å². The molecule has 1 radical (unpaired) electrons. The van der Waals surface area contributed by atoms with E-state index >= 15 is 0 Å². The molecule has 0 aromatic rings. The van der Waals surface area contributed by atoms with Gasteiger partial charge in [0.1, 0.15) is 18.4 Å². The SMILES string of the molecule is CC(C)(C)OC(=O)C1CCN1C[O]. The third-order valence-electron chi connectivity index (χ3n) is 1.98. The van der Waals surface area contributed by atoms with Crippen LogP contribution in [0.15, 0.2) is 0 Å². The molecule has 13 heavy (non-hydrogen) atoms. The number of nitrogens with zero attached hydrogens (tertiary/aromatic N) is 1. The van der Waals surface area contributed by atoms with Crippen molar-refractivity contribution in [1.82, 2.24) is 4.90 Å². The maximum atomic E-state index is 11.4. The van der Waals surface area contributed by atoms with Crippen molar-refractivity contribution in [3.63, 3.8) is 0 Å². The Balaban J connectivity index is 2.40. The lowest BCUT2D eigenvalue weighted by Crippen LogP contribution is -2.54. The van der Waals surface area contributed by atoms with Crippen LogP contribution in [0.2, 0.25) is 0 Å². The van der Waals surface area contributed by atoms with Crippen molar-refractivity contribution in [2.75, 3.05) is 13.3 Å². The van der Waals surface area contributed by atoms with Crippen molar-refractivity contribution < 1.29 is 14.6 Å². The van der Waals surface area contributed by atoms with Crippen LogP contribution in [0, 0.1) is 0 Å². The van der Waals surface area contributed by atoms with Crippen molar-refractivity contribution in [1.29, 1.82) is 0 Å².